The summed E-state index contributed by atoms with van der Waals surface area (Å²) in [6, 6.07) is 0. The lowest BCUT2D eigenvalue weighted by atomic mass is 10.5. The van der Waals surface area contributed by atoms with E-state index in [0.29, 0.717) is 6.54 Å². The van der Waals surface area contributed by atoms with Gasteiger partial charge in [0.15, 0.2) is 11.8 Å². The third kappa shape index (κ3) is 5.85. The molecule has 0 spiro atoms. The Morgan fingerprint density at radius 1 is 1.41 bits per heavy atom. The summed E-state index contributed by atoms with van der Waals surface area (Å²) in [6.07, 6.45) is 2.76. The molecule has 0 fully saturated rings. The number of nitrogens with zero attached hydrogens (tertiary/aromatic N) is 4. The number of halogens is 1. The van der Waals surface area contributed by atoms with Crippen molar-refractivity contribution in [1.82, 2.24) is 25.4 Å². The number of guanidine groups is 1. The fourth-order valence-electron chi connectivity index (χ4n) is 1.19. The minimum absolute atomic E-state index is 0. The molecule has 0 saturated heterocycles. The van der Waals surface area contributed by atoms with Crippen LogP contribution in [0.3, 0.4) is 0 Å². The van der Waals surface area contributed by atoms with Crippen molar-refractivity contribution < 1.29 is 0 Å². The van der Waals surface area contributed by atoms with Crippen LogP contribution in [-0.2, 0) is 13.6 Å². The number of nitrogens with one attached hydrogen (secondary N) is 2. The molecule has 0 aliphatic carbocycles. The second-order valence-corrected chi connectivity index (χ2v) is 3.48. The van der Waals surface area contributed by atoms with Crippen LogP contribution in [0, 0.1) is 0 Å². The van der Waals surface area contributed by atoms with E-state index < -0.39 is 0 Å². The number of aliphatic imine (C=N–C) groups is 1. The van der Waals surface area contributed by atoms with E-state index in [2.05, 4.69) is 32.7 Å². The van der Waals surface area contributed by atoms with Crippen molar-refractivity contribution in [2.75, 3.05) is 13.1 Å². The lowest BCUT2D eigenvalue weighted by molar-refractivity contribution is 0.757. The summed E-state index contributed by atoms with van der Waals surface area (Å²) in [5.41, 5.74) is 0. The van der Waals surface area contributed by atoms with Crippen molar-refractivity contribution in [3.63, 3.8) is 0 Å². The fraction of sp³-hybridized carbons (Fsp3) is 0.700. The van der Waals surface area contributed by atoms with Crippen LogP contribution in [-0.4, -0.2) is 33.8 Å². The third-order valence-corrected chi connectivity index (χ3v) is 2.07. The number of rotatable bonds is 5. The smallest absolute Gasteiger partial charge is 0.191 e. The van der Waals surface area contributed by atoms with Gasteiger partial charge in [-0.3, -0.25) is 0 Å². The van der Waals surface area contributed by atoms with E-state index in [0.717, 1.165) is 31.3 Å². The summed E-state index contributed by atoms with van der Waals surface area (Å²) in [6.45, 7) is 6.49. The van der Waals surface area contributed by atoms with Crippen molar-refractivity contribution in [3.05, 3.63) is 12.2 Å². The summed E-state index contributed by atoms with van der Waals surface area (Å²) in [4.78, 5) is 4.43. The predicted molar refractivity (Wildman–Crippen MR) is 79.5 cm³/mol. The van der Waals surface area contributed by atoms with Gasteiger partial charge in [-0.25, -0.2) is 4.99 Å². The van der Waals surface area contributed by atoms with Crippen LogP contribution >= 0.6 is 24.0 Å². The Kier molecular flexibility index (Phi) is 8.73. The van der Waals surface area contributed by atoms with Gasteiger partial charge in [0, 0.05) is 20.1 Å². The van der Waals surface area contributed by atoms with Crippen LogP contribution in [0.2, 0.25) is 0 Å². The predicted octanol–water partition coefficient (Wildman–Crippen LogP) is 0.898. The van der Waals surface area contributed by atoms with E-state index in [1.54, 1.807) is 6.33 Å². The molecule has 0 aromatic carbocycles. The summed E-state index contributed by atoms with van der Waals surface area (Å²) < 4.78 is 1.87. The molecule has 1 rings (SSSR count). The molecule has 98 valence electrons. The highest BCUT2D eigenvalue weighted by atomic mass is 127. The molecule has 2 N–H and O–H groups in total. The molecule has 17 heavy (non-hydrogen) atoms. The standard InChI is InChI=1S/C10H20N6.HI/c1-4-6-12-10(11-5-2)13-7-9-15-14-8-16(9)3;/h8H,4-7H2,1-3H3,(H2,11,12,13);1H. The van der Waals surface area contributed by atoms with E-state index in [1.807, 2.05) is 18.5 Å². The van der Waals surface area contributed by atoms with Crippen LogP contribution in [0.25, 0.3) is 0 Å². The average molecular weight is 352 g/mol. The van der Waals surface area contributed by atoms with E-state index >= 15 is 0 Å². The molecule has 1 heterocycles. The lowest BCUT2D eigenvalue weighted by Gasteiger charge is -2.09. The van der Waals surface area contributed by atoms with Gasteiger partial charge in [-0.1, -0.05) is 6.92 Å². The molecule has 0 saturated carbocycles. The molecule has 6 nitrogen and oxygen atoms in total. The number of aromatic nitrogens is 3. The Morgan fingerprint density at radius 3 is 2.71 bits per heavy atom. The lowest BCUT2D eigenvalue weighted by Crippen LogP contribution is -2.37. The molecule has 1 aromatic heterocycles. The highest BCUT2D eigenvalue weighted by Gasteiger charge is 2.00. The maximum Gasteiger partial charge on any atom is 0.191 e. The van der Waals surface area contributed by atoms with E-state index in [9.17, 15) is 0 Å². The maximum atomic E-state index is 4.43. The Hall–Kier alpha value is -0.860. The van der Waals surface area contributed by atoms with Crippen LogP contribution in [0.5, 0.6) is 0 Å². The normalized spacial score (nSPS) is 10.9. The highest BCUT2D eigenvalue weighted by Crippen LogP contribution is 1.93. The zero-order chi connectivity index (χ0) is 11.8. The maximum absolute atomic E-state index is 4.43. The molecule has 0 unspecified atom stereocenters. The molecule has 7 heteroatoms. The number of hydrogen-bond donors (Lipinski definition) is 2. The second kappa shape index (κ2) is 9.20. The topological polar surface area (TPSA) is 67.1 Å². The van der Waals surface area contributed by atoms with Crippen LogP contribution in [0.4, 0.5) is 0 Å². The van der Waals surface area contributed by atoms with Crippen LogP contribution in [0.1, 0.15) is 26.1 Å². The third-order valence-electron chi connectivity index (χ3n) is 2.07. The van der Waals surface area contributed by atoms with Gasteiger partial charge < -0.3 is 15.2 Å². The quantitative estimate of drug-likeness (QED) is 0.470. The van der Waals surface area contributed by atoms with E-state index in [-0.39, 0.29) is 24.0 Å². The molecule has 1 aromatic rings. The Morgan fingerprint density at radius 2 is 2.18 bits per heavy atom. The average Bonchev–Trinajstić information content (AvgIpc) is 2.68. The van der Waals surface area contributed by atoms with Crippen molar-refractivity contribution in [2.24, 2.45) is 12.0 Å². The first-order chi connectivity index (χ1) is 7.77. The Balaban J connectivity index is 0.00000256. The number of hydrogen-bond acceptors (Lipinski definition) is 3. The van der Waals surface area contributed by atoms with Crippen molar-refractivity contribution in [2.45, 2.75) is 26.8 Å². The van der Waals surface area contributed by atoms with Crippen molar-refractivity contribution >= 4 is 29.9 Å². The van der Waals surface area contributed by atoms with Gasteiger partial charge in [0.2, 0.25) is 0 Å². The molecule has 0 aliphatic rings. The first-order valence-corrected chi connectivity index (χ1v) is 5.63. The monoisotopic (exact) mass is 352 g/mol. The summed E-state index contributed by atoms with van der Waals surface area (Å²) in [5.74, 6) is 1.68. The Labute approximate surface area is 119 Å². The van der Waals surface area contributed by atoms with Crippen LogP contribution < -0.4 is 10.6 Å². The zero-order valence-corrected chi connectivity index (χ0v) is 12.9. The summed E-state index contributed by atoms with van der Waals surface area (Å²) >= 11 is 0. The molecule has 0 bridgehead atoms. The minimum atomic E-state index is 0. The van der Waals surface area contributed by atoms with Gasteiger partial charge in [-0.2, -0.15) is 0 Å². The minimum Gasteiger partial charge on any atom is -0.357 e. The summed E-state index contributed by atoms with van der Waals surface area (Å²) in [5, 5.41) is 14.2. The summed E-state index contributed by atoms with van der Waals surface area (Å²) in [7, 11) is 1.91. The molecular weight excluding hydrogens is 331 g/mol. The van der Waals surface area contributed by atoms with E-state index in [1.165, 1.54) is 0 Å². The van der Waals surface area contributed by atoms with Crippen LogP contribution in [0.15, 0.2) is 11.3 Å². The largest absolute Gasteiger partial charge is 0.357 e. The van der Waals surface area contributed by atoms with Crippen molar-refractivity contribution in [3.8, 4) is 0 Å². The number of aryl methyl sites for hydroxylation is 1. The van der Waals surface area contributed by atoms with Gasteiger partial charge in [0.25, 0.3) is 0 Å². The zero-order valence-electron chi connectivity index (χ0n) is 10.6. The molecule has 0 atom stereocenters. The fourth-order valence-corrected chi connectivity index (χ4v) is 1.19. The first-order valence-electron chi connectivity index (χ1n) is 5.63. The second-order valence-electron chi connectivity index (χ2n) is 3.48. The molecular formula is C10H21IN6. The molecule has 0 radical (unpaired) electrons. The van der Waals surface area contributed by atoms with Gasteiger partial charge in [0.05, 0.1) is 0 Å². The van der Waals surface area contributed by atoms with Gasteiger partial charge >= 0.3 is 0 Å². The van der Waals surface area contributed by atoms with Gasteiger partial charge in [0.1, 0.15) is 12.9 Å². The highest BCUT2D eigenvalue weighted by molar-refractivity contribution is 14.0. The van der Waals surface area contributed by atoms with E-state index in [4.69, 9.17) is 0 Å². The Bertz CT molecular complexity index is 335. The first kappa shape index (κ1) is 16.1. The van der Waals surface area contributed by atoms with Crippen molar-refractivity contribution in [1.29, 1.82) is 0 Å². The SMILES string of the molecule is CCCNC(=NCc1nncn1C)NCC.I. The molecule has 0 amide bonds. The molecule has 0 aliphatic heterocycles. The van der Waals surface area contributed by atoms with Gasteiger partial charge in [-0.05, 0) is 13.3 Å². The van der Waals surface area contributed by atoms with Gasteiger partial charge in [-0.15, -0.1) is 34.2 Å².